The molecule has 0 fully saturated rings. The fraction of sp³-hybridized carbons (Fsp3) is 0.304. The third-order valence-electron chi connectivity index (χ3n) is 4.86. The van der Waals surface area contributed by atoms with Crippen LogP contribution in [0.2, 0.25) is 0 Å². The van der Waals surface area contributed by atoms with Crippen molar-refractivity contribution in [1.29, 1.82) is 0 Å². The van der Waals surface area contributed by atoms with Crippen molar-refractivity contribution in [2.24, 2.45) is 10.2 Å². The molecule has 0 amide bonds. The van der Waals surface area contributed by atoms with Crippen LogP contribution in [-0.4, -0.2) is 23.0 Å². The molecule has 3 rings (SSSR count). The number of para-hydroxylation sites is 1. The number of ketones is 2. The summed E-state index contributed by atoms with van der Waals surface area (Å²) < 4.78 is 0. The predicted molar refractivity (Wildman–Crippen MR) is 113 cm³/mol. The molecular weight excluding hydrogens is 350 g/mol. The highest BCUT2D eigenvalue weighted by Gasteiger charge is 2.20. The van der Waals surface area contributed by atoms with Crippen LogP contribution in [0, 0.1) is 0 Å². The number of carbonyl (C=O) groups excluding carboxylic acids is 2. The number of benzene rings is 2. The Labute approximate surface area is 165 Å². The van der Waals surface area contributed by atoms with E-state index in [1.54, 1.807) is 0 Å². The first-order chi connectivity index (χ1) is 13.6. The van der Waals surface area contributed by atoms with Crippen molar-refractivity contribution in [1.82, 2.24) is 0 Å². The Balaban J connectivity index is 1.32. The summed E-state index contributed by atoms with van der Waals surface area (Å²) in [5.74, 6) is 0.239. The minimum atomic E-state index is 0.0538. The van der Waals surface area contributed by atoms with Crippen molar-refractivity contribution in [2.75, 3.05) is 5.73 Å². The molecule has 2 aromatic rings. The predicted octanol–water partition coefficient (Wildman–Crippen LogP) is 4.15. The van der Waals surface area contributed by atoms with Crippen molar-refractivity contribution in [2.45, 2.75) is 44.9 Å². The van der Waals surface area contributed by atoms with Gasteiger partial charge in [0.1, 0.15) is 11.5 Å². The van der Waals surface area contributed by atoms with Gasteiger partial charge in [-0.25, -0.2) is 0 Å². The zero-order chi connectivity index (χ0) is 19.8. The summed E-state index contributed by atoms with van der Waals surface area (Å²) in [5, 5.41) is 8.22. The van der Waals surface area contributed by atoms with Gasteiger partial charge in [0.25, 0.3) is 0 Å². The van der Waals surface area contributed by atoms with Crippen molar-refractivity contribution in [3.63, 3.8) is 0 Å². The Kier molecular flexibility index (Phi) is 6.84. The van der Waals surface area contributed by atoms with Gasteiger partial charge in [0.2, 0.25) is 0 Å². The van der Waals surface area contributed by atoms with Crippen molar-refractivity contribution < 1.29 is 9.59 Å². The van der Waals surface area contributed by atoms with Crippen LogP contribution in [-0.2, 0) is 16.0 Å². The molecule has 1 heterocycles. The lowest BCUT2D eigenvalue weighted by atomic mass is 9.99. The van der Waals surface area contributed by atoms with Gasteiger partial charge < -0.3 is 5.73 Å². The van der Waals surface area contributed by atoms with Gasteiger partial charge in [-0.1, -0.05) is 55.0 Å². The van der Waals surface area contributed by atoms with E-state index in [0.29, 0.717) is 37.1 Å². The van der Waals surface area contributed by atoms with Gasteiger partial charge in [0.05, 0.1) is 5.71 Å². The summed E-state index contributed by atoms with van der Waals surface area (Å²) in [4.78, 5) is 24.4. The van der Waals surface area contributed by atoms with Crippen LogP contribution in [0.25, 0.3) is 0 Å². The summed E-state index contributed by atoms with van der Waals surface area (Å²) in [6.07, 6.45) is 4.25. The summed E-state index contributed by atoms with van der Waals surface area (Å²) >= 11 is 0. The summed E-state index contributed by atoms with van der Waals surface area (Å²) in [5.41, 5.74) is 9.81. The molecule has 144 valence electrons. The van der Waals surface area contributed by atoms with Crippen LogP contribution in [0.4, 0.5) is 5.69 Å². The lowest BCUT2D eigenvalue weighted by Crippen LogP contribution is -2.15. The molecule has 28 heavy (non-hydrogen) atoms. The average molecular weight is 375 g/mol. The highest BCUT2D eigenvalue weighted by atomic mass is 16.1. The van der Waals surface area contributed by atoms with E-state index in [0.717, 1.165) is 36.1 Å². The third kappa shape index (κ3) is 5.46. The standard InChI is InChI=1S/C23H25N3O2/c24-20-13-8-7-11-18(20)15-19(27)12-5-2-6-14-23(28)22-16-21(25-26-22)17-9-3-1-4-10-17/h1,3-4,7-11,13H,2,5-6,12,14-16,24H2. The van der Waals surface area contributed by atoms with E-state index in [1.165, 1.54) is 0 Å². The average Bonchev–Trinajstić information content (AvgIpc) is 3.20. The maximum atomic E-state index is 12.3. The first-order valence-electron chi connectivity index (χ1n) is 9.70. The van der Waals surface area contributed by atoms with Crippen molar-refractivity contribution in [3.8, 4) is 0 Å². The molecule has 1 aliphatic rings. The molecule has 2 aromatic carbocycles. The fourth-order valence-corrected chi connectivity index (χ4v) is 3.22. The molecule has 0 atom stereocenters. The van der Waals surface area contributed by atoms with E-state index in [4.69, 9.17) is 5.73 Å². The van der Waals surface area contributed by atoms with Crippen LogP contribution in [0.5, 0.6) is 0 Å². The molecule has 0 saturated heterocycles. The minimum Gasteiger partial charge on any atom is -0.398 e. The Hall–Kier alpha value is -3.08. The summed E-state index contributed by atoms with van der Waals surface area (Å²) in [6.45, 7) is 0. The molecule has 0 bridgehead atoms. The molecule has 2 N–H and O–H groups in total. The fourth-order valence-electron chi connectivity index (χ4n) is 3.22. The first kappa shape index (κ1) is 19.7. The SMILES string of the molecule is Nc1ccccc1CC(=O)CCCCCC(=O)C1=NN=C(c2ccccc2)C1. The first-order valence-corrected chi connectivity index (χ1v) is 9.70. The van der Waals surface area contributed by atoms with Gasteiger partial charge in [-0.15, -0.1) is 0 Å². The van der Waals surface area contributed by atoms with E-state index in [1.807, 2.05) is 54.6 Å². The molecule has 0 aliphatic carbocycles. The Morgan fingerprint density at radius 2 is 1.57 bits per heavy atom. The van der Waals surface area contributed by atoms with E-state index < -0.39 is 0 Å². The number of Topliss-reactive ketones (excluding diaryl/α,β-unsaturated/α-hetero) is 2. The molecule has 0 unspecified atom stereocenters. The minimum absolute atomic E-state index is 0.0538. The van der Waals surface area contributed by atoms with Gasteiger partial charge in [0.15, 0.2) is 5.78 Å². The number of carbonyl (C=O) groups is 2. The lowest BCUT2D eigenvalue weighted by molar-refractivity contribution is -0.118. The second kappa shape index (κ2) is 9.74. The van der Waals surface area contributed by atoms with Crippen LogP contribution >= 0.6 is 0 Å². The van der Waals surface area contributed by atoms with Crippen molar-refractivity contribution >= 4 is 28.7 Å². The highest BCUT2D eigenvalue weighted by Crippen LogP contribution is 2.16. The lowest BCUT2D eigenvalue weighted by Gasteiger charge is -2.05. The normalized spacial score (nSPS) is 13.1. The monoisotopic (exact) mass is 375 g/mol. The third-order valence-corrected chi connectivity index (χ3v) is 4.86. The Bertz CT molecular complexity index is 901. The second-order valence-electron chi connectivity index (χ2n) is 7.03. The van der Waals surface area contributed by atoms with Crippen LogP contribution in [0.3, 0.4) is 0 Å². The number of nitrogen functional groups attached to an aromatic ring is 1. The molecule has 0 spiro atoms. The van der Waals surface area contributed by atoms with Gasteiger partial charge in [-0.3, -0.25) is 9.59 Å². The van der Waals surface area contributed by atoms with Gasteiger partial charge in [-0.2, -0.15) is 10.2 Å². The summed E-state index contributed by atoms with van der Waals surface area (Å²) in [6, 6.07) is 17.3. The Morgan fingerprint density at radius 3 is 2.36 bits per heavy atom. The van der Waals surface area contributed by atoms with Gasteiger partial charge in [-0.05, 0) is 30.0 Å². The van der Waals surface area contributed by atoms with Crippen molar-refractivity contribution in [3.05, 3.63) is 65.7 Å². The zero-order valence-electron chi connectivity index (χ0n) is 15.9. The Morgan fingerprint density at radius 1 is 0.857 bits per heavy atom. The molecule has 1 aliphatic heterocycles. The highest BCUT2D eigenvalue weighted by molar-refractivity contribution is 6.45. The number of nitrogens with two attached hydrogens (primary N) is 1. The largest absolute Gasteiger partial charge is 0.398 e. The van der Waals surface area contributed by atoms with Crippen LogP contribution < -0.4 is 5.73 Å². The number of hydrogen-bond donors (Lipinski definition) is 1. The quantitative estimate of drug-likeness (QED) is 0.500. The zero-order valence-corrected chi connectivity index (χ0v) is 15.9. The molecule has 5 heteroatoms. The molecule has 5 nitrogen and oxygen atoms in total. The topological polar surface area (TPSA) is 84.9 Å². The molecular formula is C23H25N3O2. The van der Waals surface area contributed by atoms with E-state index in [2.05, 4.69) is 10.2 Å². The number of rotatable bonds is 10. The molecule has 0 saturated carbocycles. The maximum Gasteiger partial charge on any atom is 0.179 e. The second-order valence-corrected chi connectivity index (χ2v) is 7.03. The smallest absolute Gasteiger partial charge is 0.179 e. The van der Waals surface area contributed by atoms with E-state index >= 15 is 0 Å². The number of hydrogen-bond acceptors (Lipinski definition) is 5. The number of anilines is 1. The summed E-state index contributed by atoms with van der Waals surface area (Å²) in [7, 11) is 0. The number of nitrogens with zero attached hydrogens (tertiary/aromatic N) is 2. The maximum absolute atomic E-state index is 12.3. The van der Waals surface area contributed by atoms with E-state index in [-0.39, 0.29) is 11.6 Å². The molecule has 0 aromatic heterocycles. The van der Waals surface area contributed by atoms with Gasteiger partial charge >= 0.3 is 0 Å². The molecule has 0 radical (unpaired) electrons. The van der Waals surface area contributed by atoms with Crippen LogP contribution in [0.15, 0.2) is 64.8 Å². The number of unbranched alkanes of at least 4 members (excludes halogenated alkanes) is 2. The van der Waals surface area contributed by atoms with Crippen LogP contribution in [0.1, 0.15) is 49.7 Å². The van der Waals surface area contributed by atoms with E-state index in [9.17, 15) is 9.59 Å². The van der Waals surface area contributed by atoms with Gasteiger partial charge in [0, 0.05) is 31.4 Å².